The molecular formula is C15H24N2O3S. The average molecular weight is 312 g/mol. The first-order valence-electron chi connectivity index (χ1n) is 7.84. The van der Waals surface area contributed by atoms with Crippen LogP contribution >= 0.6 is 0 Å². The van der Waals surface area contributed by atoms with E-state index in [9.17, 15) is 13.5 Å². The molecule has 118 valence electrons. The molecule has 1 aromatic rings. The molecule has 1 aliphatic heterocycles. The molecule has 3 rings (SSSR count). The third-order valence-electron chi connectivity index (χ3n) is 4.62. The maximum absolute atomic E-state index is 12.8. The summed E-state index contributed by atoms with van der Waals surface area (Å²) in [6.07, 6.45) is 6.81. The Morgan fingerprint density at radius 1 is 1.24 bits per heavy atom. The number of rotatable bonds is 4. The van der Waals surface area contributed by atoms with Crippen LogP contribution in [0.3, 0.4) is 0 Å². The van der Waals surface area contributed by atoms with Crippen LogP contribution in [-0.2, 0) is 16.6 Å². The SMILES string of the molecule is CC1CCCN(S(=O)(=O)c2cc(CO)n(C3CC3)c2)CC1. The fourth-order valence-electron chi connectivity index (χ4n) is 3.08. The molecule has 1 N–H and O–H groups in total. The van der Waals surface area contributed by atoms with Crippen molar-refractivity contribution in [1.82, 2.24) is 8.87 Å². The number of aliphatic hydroxyl groups excluding tert-OH is 1. The van der Waals surface area contributed by atoms with Crippen LogP contribution in [0.15, 0.2) is 17.2 Å². The third-order valence-corrected chi connectivity index (χ3v) is 6.49. The predicted octanol–water partition coefficient (Wildman–Crippen LogP) is 2.13. The number of aromatic nitrogens is 1. The van der Waals surface area contributed by atoms with E-state index in [0.29, 0.717) is 35.6 Å². The van der Waals surface area contributed by atoms with Gasteiger partial charge in [-0.2, -0.15) is 4.31 Å². The lowest BCUT2D eigenvalue weighted by molar-refractivity contribution is 0.270. The fraction of sp³-hybridized carbons (Fsp3) is 0.733. The first-order valence-corrected chi connectivity index (χ1v) is 9.28. The van der Waals surface area contributed by atoms with Crippen LogP contribution in [0.1, 0.15) is 50.8 Å². The Morgan fingerprint density at radius 3 is 2.67 bits per heavy atom. The lowest BCUT2D eigenvalue weighted by Gasteiger charge is -2.19. The van der Waals surface area contributed by atoms with E-state index >= 15 is 0 Å². The highest BCUT2D eigenvalue weighted by Crippen LogP contribution is 2.37. The summed E-state index contributed by atoms with van der Waals surface area (Å²) in [5, 5.41) is 9.43. The molecular weight excluding hydrogens is 288 g/mol. The summed E-state index contributed by atoms with van der Waals surface area (Å²) < 4.78 is 29.2. The van der Waals surface area contributed by atoms with Gasteiger partial charge >= 0.3 is 0 Å². The van der Waals surface area contributed by atoms with Gasteiger partial charge in [-0.1, -0.05) is 6.92 Å². The van der Waals surface area contributed by atoms with Gasteiger partial charge in [0.25, 0.3) is 0 Å². The zero-order valence-corrected chi connectivity index (χ0v) is 13.3. The van der Waals surface area contributed by atoms with Crippen molar-refractivity contribution in [3.05, 3.63) is 18.0 Å². The van der Waals surface area contributed by atoms with Crippen LogP contribution in [0.2, 0.25) is 0 Å². The maximum atomic E-state index is 12.8. The maximum Gasteiger partial charge on any atom is 0.244 e. The molecule has 0 radical (unpaired) electrons. The largest absolute Gasteiger partial charge is 0.390 e. The standard InChI is InChI=1S/C15H24N2O3S/c1-12-3-2-7-16(8-6-12)21(19,20)15-9-14(11-18)17(10-15)13-4-5-13/h9-10,12-13,18H,2-8,11H2,1H3. The molecule has 1 saturated carbocycles. The molecule has 0 aromatic carbocycles. The van der Waals surface area contributed by atoms with Crippen LogP contribution in [0.5, 0.6) is 0 Å². The Labute approximate surface area is 126 Å². The van der Waals surface area contributed by atoms with Gasteiger partial charge in [0, 0.05) is 31.0 Å². The molecule has 21 heavy (non-hydrogen) atoms. The molecule has 1 unspecified atom stereocenters. The number of hydrogen-bond donors (Lipinski definition) is 1. The second kappa shape index (κ2) is 5.74. The van der Waals surface area contributed by atoms with Crippen LogP contribution in [0.4, 0.5) is 0 Å². The average Bonchev–Trinajstić information content (AvgIpc) is 3.23. The lowest BCUT2D eigenvalue weighted by Crippen LogP contribution is -2.31. The Balaban J connectivity index is 1.87. The highest BCUT2D eigenvalue weighted by Gasteiger charge is 2.31. The highest BCUT2D eigenvalue weighted by molar-refractivity contribution is 7.89. The van der Waals surface area contributed by atoms with E-state index in [1.165, 1.54) is 0 Å². The monoisotopic (exact) mass is 312 g/mol. The summed E-state index contributed by atoms with van der Waals surface area (Å²) in [7, 11) is -3.42. The summed E-state index contributed by atoms with van der Waals surface area (Å²) >= 11 is 0. The summed E-state index contributed by atoms with van der Waals surface area (Å²) in [5.74, 6) is 0.592. The van der Waals surface area contributed by atoms with E-state index in [2.05, 4.69) is 6.92 Å². The lowest BCUT2D eigenvalue weighted by atomic mass is 10.0. The van der Waals surface area contributed by atoms with E-state index in [1.54, 1.807) is 16.6 Å². The normalized spacial score (nSPS) is 25.0. The minimum atomic E-state index is -3.42. The van der Waals surface area contributed by atoms with E-state index in [4.69, 9.17) is 0 Å². The van der Waals surface area contributed by atoms with Gasteiger partial charge in [0.2, 0.25) is 10.0 Å². The van der Waals surface area contributed by atoms with Crippen molar-refractivity contribution in [3.8, 4) is 0 Å². The van der Waals surface area contributed by atoms with Crippen molar-refractivity contribution in [2.75, 3.05) is 13.1 Å². The Kier molecular flexibility index (Phi) is 4.12. The minimum Gasteiger partial charge on any atom is -0.390 e. The van der Waals surface area contributed by atoms with E-state index in [-0.39, 0.29) is 6.61 Å². The first-order chi connectivity index (χ1) is 10.0. The molecule has 2 aliphatic rings. The van der Waals surface area contributed by atoms with Crippen molar-refractivity contribution >= 4 is 10.0 Å². The summed E-state index contributed by atoms with van der Waals surface area (Å²) in [4.78, 5) is 0.341. The van der Waals surface area contributed by atoms with E-state index < -0.39 is 10.0 Å². The topological polar surface area (TPSA) is 62.5 Å². The quantitative estimate of drug-likeness (QED) is 0.926. The van der Waals surface area contributed by atoms with Gasteiger partial charge in [0.15, 0.2) is 0 Å². The van der Waals surface area contributed by atoms with Crippen LogP contribution < -0.4 is 0 Å². The molecule has 0 bridgehead atoms. The number of aliphatic hydroxyl groups is 1. The van der Waals surface area contributed by atoms with Gasteiger partial charge in [0.1, 0.15) is 4.90 Å². The van der Waals surface area contributed by atoms with E-state index in [1.807, 2.05) is 4.57 Å². The Bertz CT molecular complexity index is 604. The Hall–Kier alpha value is -0.850. The molecule has 5 nitrogen and oxygen atoms in total. The second-order valence-electron chi connectivity index (χ2n) is 6.40. The molecule has 0 spiro atoms. The molecule has 1 atom stereocenters. The molecule has 6 heteroatoms. The van der Waals surface area contributed by atoms with Gasteiger partial charge in [0.05, 0.1) is 6.61 Å². The molecule has 2 heterocycles. The number of sulfonamides is 1. The van der Waals surface area contributed by atoms with Crippen molar-refractivity contribution < 1.29 is 13.5 Å². The van der Waals surface area contributed by atoms with Crippen LogP contribution in [-0.4, -0.2) is 35.5 Å². The zero-order valence-electron chi connectivity index (χ0n) is 12.5. The van der Waals surface area contributed by atoms with Gasteiger partial charge in [-0.15, -0.1) is 0 Å². The van der Waals surface area contributed by atoms with Gasteiger partial charge in [-0.25, -0.2) is 8.42 Å². The highest BCUT2D eigenvalue weighted by atomic mass is 32.2. The van der Waals surface area contributed by atoms with Gasteiger partial charge < -0.3 is 9.67 Å². The summed E-state index contributed by atoms with van der Waals surface area (Å²) in [5.41, 5.74) is 0.708. The molecule has 1 aliphatic carbocycles. The predicted molar refractivity (Wildman–Crippen MR) is 80.4 cm³/mol. The fourth-order valence-corrected chi connectivity index (χ4v) is 4.63. The zero-order chi connectivity index (χ0) is 15.0. The van der Waals surface area contributed by atoms with Gasteiger partial charge in [-0.3, -0.25) is 0 Å². The second-order valence-corrected chi connectivity index (χ2v) is 8.34. The molecule has 2 fully saturated rings. The smallest absolute Gasteiger partial charge is 0.244 e. The van der Waals surface area contributed by atoms with Crippen molar-refractivity contribution in [3.63, 3.8) is 0 Å². The van der Waals surface area contributed by atoms with Crippen LogP contribution in [0, 0.1) is 5.92 Å². The first kappa shape index (κ1) is 15.1. The van der Waals surface area contributed by atoms with Crippen molar-refractivity contribution in [2.45, 2.75) is 56.6 Å². The minimum absolute atomic E-state index is 0.108. The Morgan fingerprint density at radius 2 is 2.00 bits per heavy atom. The molecule has 0 amide bonds. The van der Waals surface area contributed by atoms with Gasteiger partial charge in [-0.05, 0) is 44.1 Å². The number of hydrogen-bond acceptors (Lipinski definition) is 3. The third kappa shape index (κ3) is 3.03. The summed E-state index contributed by atoms with van der Waals surface area (Å²) in [6, 6.07) is 2.02. The van der Waals surface area contributed by atoms with Crippen molar-refractivity contribution in [1.29, 1.82) is 0 Å². The van der Waals surface area contributed by atoms with Crippen LogP contribution in [0.25, 0.3) is 0 Å². The molecule has 1 saturated heterocycles. The van der Waals surface area contributed by atoms with E-state index in [0.717, 1.165) is 32.1 Å². The molecule has 1 aromatic heterocycles. The summed E-state index contributed by atoms with van der Waals surface area (Å²) in [6.45, 7) is 3.29. The number of nitrogens with zero attached hydrogens (tertiary/aromatic N) is 2. The van der Waals surface area contributed by atoms with Crippen molar-refractivity contribution in [2.24, 2.45) is 5.92 Å².